The Morgan fingerprint density at radius 1 is 0.706 bits per heavy atom. The zero-order valence-corrected chi connectivity index (χ0v) is 22.2. The second kappa shape index (κ2) is 22.7. The van der Waals surface area contributed by atoms with Gasteiger partial charge in [-0.1, -0.05) is 134 Å². The summed E-state index contributed by atoms with van der Waals surface area (Å²) in [6.45, 7) is 5.53. The third-order valence-electron chi connectivity index (χ3n) is 6.19. The molecule has 192 valence electrons. The lowest BCUT2D eigenvalue weighted by Gasteiger charge is -2.07. The van der Waals surface area contributed by atoms with Crippen molar-refractivity contribution < 1.29 is 9.53 Å². The topological polar surface area (TPSA) is 38.3 Å². The number of carbonyl (C=O) groups excluding carboxylic acids is 1. The fourth-order valence-electron chi connectivity index (χ4n) is 4.11. The van der Waals surface area contributed by atoms with E-state index in [1.807, 2.05) is 12.2 Å². The van der Waals surface area contributed by atoms with Crippen LogP contribution in [0.15, 0.2) is 42.5 Å². The number of unbranched alkanes of at least 4 members (excludes halogenated alkanes) is 15. The van der Waals surface area contributed by atoms with E-state index in [-0.39, 0.29) is 5.97 Å². The second-order valence-electron chi connectivity index (χ2n) is 9.32. The van der Waals surface area contributed by atoms with E-state index >= 15 is 0 Å². The molecule has 0 amide bonds. The van der Waals surface area contributed by atoms with E-state index < -0.39 is 0 Å². The molecule has 0 aliphatic heterocycles. The highest BCUT2D eigenvalue weighted by atomic mass is 16.5. The SMILES string of the molecule is CCCCCCCCCCCCCCCCCCNc1ccc(C=CC=CC(=O)OCC)cc1. The van der Waals surface area contributed by atoms with Crippen LogP contribution in [0, 0.1) is 0 Å². The van der Waals surface area contributed by atoms with Crippen LogP contribution in [-0.2, 0) is 9.53 Å². The maximum Gasteiger partial charge on any atom is 0.330 e. The van der Waals surface area contributed by atoms with Gasteiger partial charge in [0.05, 0.1) is 6.61 Å². The lowest BCUT2D eigenvalue weighted by Crippen LogP contribution is -2.01. The van der Waals surface area contributed by atoms with Gasteiger partial charge in [-0.2, -0.15) is 0 Å². The van der Waals surface area contributed by atoms with Crippen LogP contribution in [0.4, 0.5) is 5.69 Å². The first-order valence-electron chi connectivity index (χ1n) is 14.1. The Labute approximate surface area is 210 Å². The second-order valence-corrected chi connectivity index (χ2v) is 9.32. The van der Waals surface area contributed by atoms with E-state index in [0.29, 0.717) is 6.61 Å². The molecule has 1 aromatic rings. The fraction of sp³-hybridized carbons (Fsp3) is 0.645. The van der Waals surface area contributed by atoms with E-state index in [2.05, 4.69) is 36.5 Å². The van der Waals surface area contributed by atoms with Crippen molar-refractivity contribution in [3.05, 3.63) is 48.1 Å². The molecule has 0 aromatic heterocycles. The average molecular weight is 470 g/mol. The third-order valence-corrected chi connectivity index (χ3v) is 6.19. The van der Waals surface area contributed by atoms with Gasteiger partial charge in [0.1, 0.15) is 0 Å². The molecule has 1 N–H and O–H groups in total. The quantitative estimate of drug-likeness (QED) is 0.0795. The summed E-state index contributed by atoms with van der Waals surface area (Å²) < 4.78 is 4.85. The Morgan fingerprint density at radius 2 is 1.21 bits per heavy atom. The predicted octanol–water partition coefficient (Wildman–Crippen LogP) is 9.49. The first kappa shape index (κ1) is 30.0. The van der Waals surface area contributed by atoms with Crippen molar-refractivity contribution in [3.63, 3.8) is 0 Å². The van der Waals surface area contributed by atoms with Gasteiger partial charge >= 0.3 is 5.97 Å². The average Bonchev–Trinajstić information content (AvgIpc) is 2.85. The van der Waals surface area contributed by atoms with Crippen molar-refractivity contribution in [1.29, 1.82) is 0 Å². The zero-order valence-electron chi connectivity index (χ0n) is 22.2. The van der Waals surface area contributed by atoms with E-state index in [9.17, 15) is 4.79 Å². The Balaban J connectivity index is 1.92. The number of rotatable bonds is 22. The van der Waals surface area contributed by atoms with Crippen LogP contribution >= 0.6 is 0 Å². The van der Waals surface area contributed by atoms with Gasteiger partial charge in [0.15, 0.2) is 0 Å². The Hall–Kier alpha value is -2.03. The zero-order chi connectivity index (χ0) is 24.5. The molecule has 0 saturated heterocycles. The minimum Gasteiger partial charge on any atom is -0.463 e. The maximum atomic E-state index is 11.2. The highest BCUT2D eigenvalue weighted by molar-refractivity contribution is 5.82. The standard InChI is InChI=1S/C31H51NO2/c1-3-5-6-7-8-9-10-11-12-13-14-15-16-17-18-21-28-32-30-26-24-29(25-27-30)22-19-20-23-31(33)34-4-2/h19-20,22-27,32H,3-18,21,28H2,1-2H3. The van der Waals surface area contributed by atoms with Gasteiger partial charge < -0.3 is 10.1 Å². The molecule has 0 aliphatic rings. The van der Waals surface area contributed by atoms with Crippen LogP contribution in [0.1, 0.15) is 122 Å². The summed E-state index contributed by atoms with van der Waals surface area (Å²) in [4.78, 5) is 11.2. The lowest BCUT2D eigenvalue weighted by molar-refractivity contribution is -0.137. The molecule has 0 bridgehead atoms. The summed E-state index contributed by atoms with van der Waals surface area (Å²) >= 11 is 0. The fourth-order valence-corrected chi connectivity index (χ4v) is 4.11. The van der Waals surface area contributed by atoms with Gasteiger partial charge in [0.25, 0.3) is 0 Å². The first-order chi connectivity index (χ1) is 16.8. The lowest BCUT2D eigenvalue weighted by atomic mass is 10.0. The van der Waals surface area contributed by atoms with Gasteiger partial charge in [0, 0.05) is 18.3 Å². The van der Waals surface area contributed by atoms with Crippen molar-refractivity contribution in [1.82, 2.24) is 0 Å². The Bertz CT molecular complexity index is 648. The largest absolute Gasteiger partial charge is 0.463 e. The molecule has 0 heterocycles. The summed E-state index contributed by atoms with van der Waals surface area (Å²) in [5.41, 5.74) is 2.28. The molecule has 3 nitrogen and oxygen atoms in total. The summed E-state index contributed by atoms with van der Waals surface area (Å²) in [5, 5.41) is 3.52. The minimum absolute atomic E-state index is 0.305. The van der Waals surface area contributed by atoms with E-state index in [1.165, 1.54) is 114 Å². The number of hydrogen-bond donors (Lipinski definition) is 1. The number of allylic oxidation sites excluding steroid dienone is 2. The molecule has 1 aromatic carbocycles. The van der Waals surface area contributed by atoms with Gasteiger partial charge in [-0.15, -0.1) is 0 Å². The molecular weight excluding hydrogens is 418 g/mol. The van der Waals surface area contributed by atoms with Crippen LogP contribution in [0.25, 0.3) is 6.08 Å². The summed E-state index contributed by atoms with van der Waals surface area (Å²) in [7, 11) is 0. The number of ether oxygens (including phenoxy) is 1. The molecule has 1 rings (SSSR count). The van der Waals surface area contributed by atoms with Crippen LogP contribution < -0.4 is 5.32 Å². The van der Waals surface area contributed by atoms with Crippen molar-refractivity contribution in [3.8, 4) is 0 Å². The molecular formula is C31H51NO2. The van der Waals surface area contributed by atoms with E-state index in [4.69, 9.17) is 4.74 Å². The number of benzene rings is 1. The summed E-state index contributed by atoms with van der Waals surface area (Å²) in [6.07, 6.45) is 29.5. The van der Waals surface area contributed by atoms with Crippen LogP contribution in [0.3, 0.4) is 0 Å². The predicted molar refractivity (Wildman–Crippen MR) is 149 cm³/mol. The number of carbonyl (C=O) groups is 1. The van der Waals surface area contributed by atoms with Crippen LogP contribution in [0.5, 0.6) is 0 Å². The van der Waals surface area contributed by atoms with Gasteiger partial charge in [-0.3, -0.25) is 0 Å². The number of anilines is 1. The highest BCUT2D eigenvalue weighted by Crippen LogP contribution is 2.14. The normalized spacial score (nSPS) is 11.5. The van der Waals surface area contributed by atoms with Gasteiger partial charge in [-0.05, 0) is 31.0 Å². The van der Waals surface area contributed by atoms with Gasteiger partial charge in [-0.25, -0.2) is 4.79 Å². The van der Waals surface area contributed by atoms with Crippen LogP contribution in [0.2, 0.25) is 0 Å². The maximum absolute atomic E-state index is 11.2. The molecule has 0 spiro atoms. The number of nitrogens with one attached hydrogen (secondary N) is 1. The monoisotopic (exact) mass is 469 g/mol. The molecule has 0 atom stereocenters. The molecule has 3 heteroatoms. The van der Waals surface area contributed by atoms with Crippen LogP contribution in [-0.4, -0.2) is 19.1 Å². The number of hydrogen-bond acceptors (Lipinski definition) is 3. The van der Waals surface area contributed by atoms with Crippen molar-refractivity contribution >= 4 is 17.7 Å². The smallest absolute Gasteiger partial charge is 0.330 e. The van der Waals surface area contributed by atoms with E-state index in [1.54, 1.807) is 13.0 Å². The van der Waals surface area contributed by atoms with Crippen molar-refractivity contribution in [2.24, 2.45) is 0 Å². The van der Waals surface area contributed by atoms with Crippen molar-refractivity contribution in [2.45, 2.75) is 117 Å². The molecule has 0 fully saturated rings. The van der Waals surface area contributed by atoms with Crippen molar-refractivity contribution in [2.75, 3.05) is 18.5 Å². The summed E-state index contributed by atoms with van der Waals surface area (Å²) in [5.74, 6) is -0.305. The molecule has 0 unspecified atom stereocenters. The minimum atomic E-state index is -0.305. The Kier molecular flexibility index (Phi) is 20.1. The van der Waals surface area contributed by atoms with Gasteiger partial charge in [0.2, 0.25) is 0 Å². The van der Waals surface area contributed by atoms with E-state index in [0.717, 1.165) is 12.1 Å². The molecule has 34 heavy (non-hydrogen) atoms. The third kappa shape index (κ3) is 18.4. The molecule has 0 saturated carbocycles. The highest BCUT2D eigenvalue weighted by Gasteiger charge is 1.96. The first-order valence-corrected chi connectivity index (χ1v) is 14.1. The summed E-state index contributed by atoms with van der Waals surface area (Å²) in [6, 6.07) is 8.40. The Morgan fingerprint density at radius 3 is 1.71 bits per heavy atom. The molecule has 0 aliphatic carbocycles. The number of esters is 1. The molecule has 0 radical (unpaired) electrons.